The molecular formula is C23H31FN3O2+. The van der Waals surface area contributed by atoms with Crippen LogP contribution >= 0.6 is 0 Å². The molecule has 1 atom stereocenters. The van der Waals surface area contributed by atoms with Crippen molar-refractivity contribution in [3.63, 3.8) is 0 Å². The van der Waals surface area contributed by atoms with Gasteiger partial charge < -0.3 is 19.9 Å². The number of benzene rings is 2. The van der Waals surface area contributed by atoms with Crippen LogP contribution in [0, 0.1) is 5.82 Å². The Morgan fingerprint density at radius 3 is 2.55 bits per heavy atom. The fourth-order valence-electron chi connectivity index (χ4n) is 3.78. The minimum atomic E-state index is -0.238. The molecule has 0 radical (unpaired) electrons. The summed E-state index contributed by atoms with van der Waals surface area (Å²) in [6, 6.07) is 14.5. The summed E-state index contributed by atoms with van der Waals surface area (Å²) < 4.78 is 18.7. The maximum absolute atomic E-state index is 13.0. The summed E-state index contributed by atoms with van der Waals surface area (Å²) in [4.78, 5) is 16.2. The Morgan fingerprint density at radius 1 is 1.17 bits per heavy atom. The van der Waals surface area contributed by atoms with Gasteiger partial charge in [0.15, 0.2) is 6.04 Å². The molecule has 1 aliphatic rings. The molecule has 0 unspecified atom stereocenters. The van der Waals surface area contributed by atoms with Gasteiger partial charge in [-0.1, -0.05) is 24.3 Å². The first-order chi connectivity index (χ1) is 14.1. The molecule has 1 heterocycles. The van der Waals surface area contributed by atoms with Gasteiger partial charge in [-0.05, 0) is 50.1 Å². The number of piperazine rings is 1. The van der Waals surface area contributed by atoms with Gasteiger partial charge in [-0.2, -0.15) is 0 Å². The third-order valence-electron chi connectivity index (χ3n) is 5.54. The summed E-state index contributed by atoms with van der Waals surface area (Å²) in [5, 5.41) is 3.02. The first kappa shape index (κ1) is 21.1. The molecule has 0 aromatic heterocycles. The number of para-hydroxylation sites is 2. The van der Waals surface area contributed by atoms with E-state index in [0.717, 1.165) is 43.2 Å². The Balaban J connectivity index is 1.46. The Bertz CT molecular complexity index is 789. The van der Waals surface area contributed by atoms with Crippen molar-refractivity contribution in [2.75, 3.05) is 44.2 Å². The summed E-state index contributed by atoms with van der Waals surface area (Å²) in [6.07, 6.45) is 0.704. The van der Waals surface area contributed by atoms with Crippen molar-refractivity contribution in [1.82, 2.24) is 5.32 Å². The molecule has 1 saturated heterocycles. The summed E-state index contributed by atoms with van der Waals surface area (Å²) in [5.74, 6) is 0.758. The van der Waals surface area contributed by atoms with E-state index in [1.807, 2.05) is 32.0 Å². The van der Waals surface area contributed by atoms with E-state index >= 15 is 0 Å². The van der Waals surface area contributed by atoms with Crippen LogP contribution in [-0.2, 0) is 11.2 Å². The Kier molecular flexibility index (Phi) is 7.47. The first-order valence-corrected chi connectivity index (χ1v) is 10.4. The van der Waals surface area contributed by atoms with Crippen LogP contribution in [0.15, 0.2) is 48.5 Å². The molecule has 1 fully saturated rings. The van der Waals surface area contributed by atoms with Crippen LogP contribution in [0.1, 0.15) is 19.4 Å². The second-order valence-electron chi connectivity index (χ2n) is 7.44. The van der Waals surface area contributed by atoms with E-state index in [-0.39, 0.29) is 17.8 Å². The highest BCUT2D eigenvalue weighted by Gasteiger charge is 2.29. The number of ether oxygens (including phenoxy) is 1. The van der Waals surface area contributed by atoms with Gasteiger partial charge in [-0.15, -0.1) is 0 Å². The SMILES string of the molecule is CCOc1ccccc1N1CC[NH+]([C@H](C)C(=O)NCCc2ccc(F)cc2)CC1. The summed E-state index contributed by atoms with van der Waals surface area (Å²) in [7, 11) is 0. The number of anilines is 1. The van der Waals surface area contributed by atoms with Crippen LogP contribution < -0.4 is 19.9 Å². The van der Waals surface area contributed by atoms with Crippen molar-refractivity contribution in [2.24, 2.45) is 0 Å². The Hall–Kier alpha value is -2.60. The van der Waals surface area contributed by atoms with E-state index in [4.69, 9.17) is 4.74 Å². The van der Waals surface area contributed by atoms with E-state index in [9.17, 15) is 9.18 Å². The molecule has 29 heavy (non-hydrogen) atoms. The lowest BCUT2D eigenvalue weighted by Crippen LogP contribution is -3.19. The molecule has 2 aromatic rings. The molecule has 1 aliphatic heterocycles. The normalized spacial score (nSPS) is 15.8. The van der Waals surface area contributed by atoms with Gasteiger partial charge in [-0.3, -0.25) is 4.79 Å². The maximum Gasteiger partial charge on any atom is 0.278 e. The molecule has 3 rings (SSSR count). The molecule has 0 saturated carbocycles. The van der Waals surface area contributed by atoms with Crippen molar-refractivity contribution in [2.45, 2.75) is 26.3 Å². The lowest BCUT2D eigenvalue weighted by atomic mass is 10.1. The number of halogens is 1. The Morgan fingerprint density at radius 2 is 1.86 bits per heavy atom. The van der Waals surface area contributed by atoms with E-state index in [1.165, 1.54) is 17.0 Å². The lowest BCUT2D eigenvalue weighted by Gasteiger charge is -2.36. The van der Waals surface area contributed by atoms with Crippen LogP contribution in [0.25, 0.3) is 0 Å². The van der Waals surface area contributed by atoms with Gasteiger partial charge in [-0.25, -0.2) is 4.39 Å². The monoisotopic (exact) mass is 400 g/mol. The zero-order valence-electron chi connectivity index (χ0n) is 17.3. The first-order valence-electron chi connectivity index (χ1n) is 10.4. The van der Waals surface area contributed by atoms with Gasteiger partial charge in [0.05, 0.1) is 38.5 Å². The molecule has 156 valence electrons. The van der Waals surface area contributed by atoms with Gasteiger partial charge in [0.2, 0.25) is 0 Å². The topological polar surface area (TPSA) is 46.0 Å². The fraction of sp³-hybridized carbons (Fsp3) is 0.435. The summed E-state index contributed by atoms with van der Waals surface area (Å²) in [5.41, 5.74) is 2.15. The van der Waals surface area contributed by atoms with Crippen molar-refractivity contribution in [3.8, 4) is 5.75 Å². The summed E-state index contributed by atoms with van der Waals surface area (Å²) >= 11 is 0. The number of hydrogen-bond acceptors (Lipinski definition) is 3. The highest BCUT2D eigenvalue weighted by Crippen LogP contribution is 2.27. The average Bonchev–Trinajstić information content (AvgIpc) is 2.75. The minimum absolute atomic E-state index is 0.0743. The average molecular weight is 401 g/mol. The van der Waals surface area contributed by atoms with Crippen molar-refractivity contribution >= 4 is 11.6 Å². The minimum Gasteiger partial charge on any atom is -0.492 e. The van der Waals surface area contributed by atoms with Gasteiger partial charge in [0, 0.05) is 6.54 Å². The molecule has 2 aromatic carbocycles. The lowest BCUT2D eigenvalue weighted by molar-refractivity contribution is -0.914. The number of hydrogen-bond donors (Lipinski definition) is 2. The Labute approximate surface area is 172 Å². The highest BCUT2D eigenvalue weighted by atomic mass is 19.1. The van der Waals surface area contributed by atoms with Crippen LogP contribution in [0.5, 0.6) is 5.75 Å². The quantitative estimate of drug-likeness (QED) is 0.709. The van der Waals surface area contributed by atoms with E-state index < -0.39 is 0 Å². The van der Waals surface area contributed by atoms with E-state index in [1.54, 1.807) is 12.1 Å². The zero-order chi connectivity index (χ0) is 20.6. The maximum atomic E-state index is 13.0. The number of nitrogens with one attached hydrogen (secondary N) is 2. The second-order valence-corrected chi connectivity index (χ2v) is 7.44. The molecule has 6 heteroatoms. The van der Waals surface area contributed by atoms with E-state index in [0.29, 0.717) is 19.6 Å². The molecular weight excluding hydrogens is 369 g/mol. The number of amides is 1. The van der Waals surface area contributed by atoms with Crippen LogP contribution in [0.3, 0.4) is 0 Å². The van der Waals surface area contributed by atoms with Crippen LogP contribution in [0.2, 0.25) is 0 Å². The second kappa shape index (κ2) is 10.3. The third kappa shape index (κ3) is 5.70. The predicted molar refractivity (Wildman–Crippen MR) is 113 cm³/mol. The standard InChI is InChI=1S/C23H30FN3O2/c1-3-29-22-7-5-4-6-21(22)27-16-14-26(15-17-27)18(2)23(28)25-13-12-19-8-10-20(24)11-9-19/h4-11,18H,3,12-17H2,1-2H3,(H,25,28)/p+1/t18-/m1/s1. The number of carbonyl (C=O) groups excluding carboxylic acids is 1. The van der Waals surface area contributed by atoms with Crippen LogP contribution in [0.4, 0.5) is 10.1 Å². The van der Waals surface area contributed by atoms with Gasteiger partial charge in [0.1, 0.15) is 11.6 Å². The molecule has 2 N–H and O–H groups in total. The highest BCUT2D eigenvalue weighted by molar-refractivity contribution is 5.79. The fourth-order valence-corrected chi connectivity index (χ4v) is 3.78. The van der Waals surface area contributed by atoms with Crippen molar-refractivity contribution in [3.05, 3.63) is 59.9 Å². The van der Waals surface area contributed by atoms with E-state index in [2.05, 4.69) is 16.3 Å². The smallest absolute Gasteiger partial charge is 0.278 e. The number of carbonyl (C=O) groups is 1. The van der Waals surface area contributed by atoms with Crippen molar-refractivity contribution in [1.29, 1.82) is 0 Å². The zero-order valence-corrected chi connectivity index (χ0v) is 17.3. The molecule has 1 amide bonds. The molecule has 0 aliphatic carbocycles. The number of rotatable bonds is 8. The van der Waals surface area contributed by atoms with Crippen molar-refractivity contribution < 1.29 is 18.8 Å². The number of quaternary nitrogens is 1. The predicted octanol–water partition coefficient (Wildman–Crippen LogP) is 1.68. The largest absolute Gasteiger partial charge is 0.492 e. The molecule has 0 spiro atoms. The van der Waals surface area contributed by atoms with Gasteiger partial charge in [0.25, 0.3) is 5.91 Å². The molecule has 5 nitrogen and oxygen atoms in total. The van der Waals surface area contributed by atoms with Gasteiger partial charge >= 0.3 is 0 Å². The van der Waals surface area contributed by atoms with Crippen LogP contribution in [-0.4, -0.2) is 51.3 Å². The summed E-state index contributed by atoms with van der Waals surface area (Å²) in [6.45, 7) is 8.81. The number of nitrogens with zero attached hydrogens (tertiary/aromatic N) is 1. The third-order valence-corrected chi connectivity index (χ3v) is 5.54. The molecule has 0 bridgehead atoms.